The van der Waals surface area contributed by atoms with E-state index in [-0.39, 0.29) is 28.9 Å². The third-order valence-electron chi connectivity index (χ3n) is 3.71. The Morgan fingerprint density at radius 3 is 2.43 bits per heavy atom. The monoisotopic (exact) mass is 446 g/mol. The number of furan rings is 1. The van der Waals surface area contributed by atoms with E-state index in [4.69, 9.17) is 9.15 Å². The first kappa shape index (κ1) is 23.6. The smallest absolute Gasteiger partial charge is 0.387 e. The van der Waals surface area contributed by atoms with Gasteiger partial charge in [-0.15, -0.1) is 0 Å². The molecule has 1 aromatic carbocycles. The normalized spacial score (nSPS) is 12.1. The summed E-state index contributed by atoms with van der Waals surface area (Å²) >= 11 is 0. The van der Waals surface area contributed by atoms with Crippen LogP contribution in [0.3, 0.4) is 0 Å². The van der Waals surface area contributed by atoms with E-state index >= 15 is 0 Å². The summed E-state index contributed by atoms with van der Waals surface area (Å²) in [6, 6.07) is 6.82. The van der Waals surface area contributed by atoms with Crippen molar-refractivity contribution >= 4 is 15.9 Å². The van der Waals surface area contributed by atoms with Crippen molar-refractivity contribution in [2.75, 3.05) is 14.2 Å². The minimum absolute atomic E-state index is 0.0332. The Bertz CT molecular complexity index is 999. The molecule has 2 rings (SSSR count). The number of halogens is 2. The summed E-state index contributed by atoms with van der Waals surface area (Å²) in [5.41, 5.74) is -0.227. The van der Waals surface area contributed by atoms with E-state index < -0.39 is 28.1 Å². The van der Waals surface area contributed by atoms with E-state index in [1.54, 1.807) is 26.8 Å². The molecule has 2 aromatic rings. The molecule has 1 amide bonds. The number of rotatable bonds is 8. The number of amides is 1. The number of carbonyl (C=O) groups is 1. The molecule has 0 aliphatic rings. The topological polar surface area (TPSA) is 98.1 Å². The summed E-state index contributed by atoms with van der Waals surface area (Å²) in [4.78, 5) is 13.9. The summed E-state index contributed by atoms with van der Waals surface area (Å²) < 4.78 is 66.9. The molecule has 0 spiro atoms. The van der Waals surface area contributed by atoms with Crippen LogP contribution in [0, 0.1) is 0 Å². The zero-order valence-corrected chi connectivity index (χ0v) is 18.0. The van der Waals surface area contributed by atoms with Crippen LogP contribution in [0.2, 0.25) is 0 Å². The second-order valence-corrected chi connectivity index (χ2v) is 9.11. The average molecular weight is 446 g/mol. The number of carbonyl (C=O) groups excluding carboxylic acids is 1. The van der Waals surface area contributed by atoms with Crippen molar-refractivity contribution in [3.63, 3.8) is 0 Å². The maximum atomic E-state index is 12.6. The molecule has 0 saturated heterocycles. The highest BCUT2D eigenvalue weighted by Gasteiger charge is 2.27. The Hall–Kier alpha value is -2.66. The Morgan fingerprint density at radius 1 is 1.20 bits per heavy atom. The van der Waals surface area contributed by atoms with Crippen molar-refractivity contribution in [1.82, 2.24) is 9.62 Å². The number of benzene rings is 1. The first-order valence-corrected chi connectivity index (χ1v) is 10.3. The van der Waals surface area contributed by atoms with E-state index in [9.17, 15) is 22.0 Å². The zero-order valence-electron chi connectivity index (χ0n) is 17.2. The van der Waals surface area contributed by atoms with Gasteiger partial charge in [0.2, 0.25) is 5.09 Å². The Balaban J connectivity index is 2.16. The molecule has 0 atom stereocenters. The first-order chi connectivity index (χ1) is 13.8. The molecule has 0 aliphatic heterocycles. The van der Waals surface area contributed by atoms with Gasteiger partial charge in [0, 0.05) is 19.1 Å². The second kappa shape index (κ2) is 9.00. The van der Waals surface area contributed by atoms with Crippen LogP contribution in [0.15, 0.2) is 39.8 Å². The van der Waals surface area contributed by atoms with Crippen LogP contribution in [0.5, 0.6) is 11.5 Å². The van der Waals surface area contributed by atoms with E-state index in [2.05, 4.69) is 9.46 Å². The van der Waals surface area contributed by atoms with E-state index in [0.717, 1.165) is 0 Å². The third kappa shape index (κ3) is 6.17. The molecule has 30 heavy (non-hydrogen) atoms. The maximum absolute atomic E-state index is 12.6. The fourth-order valence-corrected chi connectivity index (χ4v) is 3.93. The highest BCUT2D eigenvalue weighted by Crippen LogP contribution is 2.30. The molecular formula is C19H24F2N2O6S. The molecule has 1 aromatic heterocycles. The van der Waals surface area contributed by atoms with Crippen LogP contribution in [0.4, 0.5) is 8.78 Å². The van der Waals surface area contributed by atoms with Crippen molar-refractivity contribution < 1.29 is 35.9 Å². The van der Waals surface area contributed by atoms with Gasteiger partial charge in [-0.1, -0.05) is 6.07 Å². The molecule has 1 N–H and O–H groups in total. The second-order valence-electron chi connectivity index (χ2n) is 7.50. The molecule has 0 radical (unpaired) electrons. The minimum atomic E-state index is -3.93. The molecule has 11 heteroatoms. The van der Waals surface area contributed by atoms with Crippen LogP contribution in [-0.2, 0) is 16.6 Å². The van der Waals surface area contributed by atoms with Crippen LogP contribution in [-0.4, -0.2) is 45.5 Å². The summed E-state index contributed by atoms with van der Waals surface area (Å²) in [6.45, 7) is 2.03. The number of ether oxygens (including phenoxy) is 2. The number of methoxy groups -OCH3 is 1. The molecule has 1 heterocycles. The average Bonchev–Trinajstić information content (AvgIpc) is 3.10. The van der Waals surface area contributed by atoms with Crippen molar-refractivity contribution in [3.05, 3.63) is 41.7 Å². The van der Waals surface area contributed by atoms with Gasteiger partial charge < -0.3 is 18.8 Å². The number of hydrogen-bond acceptors (Lipinski definition) is 6. The third-order valence-corrected chi connectivity index (χ3v) is 5.34. The lowest BCUT2D eigenvalue weighted by molar-refractivity contribution is -0.0512. The van der Waals surface area contributed by atoms with Gasteiger partial charge >= 0.3 is 6.61 Å². The van der Waals surface area contributed by atoms with Crippen LogP contribution in [0.25, 0.3) is 0 Å². The number of nitrogens with zero attached hydrogens (tertiary/aromatic N) is 1. The van der Waals surface area contributed by atoms with Crippen molar-refractivity contribution in [2.24, 2.45) is 0 Å². The Labute approximate surface area is 173 Å². The molecule has 0 saturated carbocycles. The zero-order chi connectivity index (χ0) is 22.7. The van der Waals surface area contributed by atoms with E-state index in [1.165, 1.54) is 43.3 Å². The molecule has 0 aliphatic carbocycles. The molecule has 166 valence electrons. The first-order valence-electron chi connectivity index (χ1n) is 8.83. The molecule has 0 fully saturated rings. The van der Waals surface area contributed by atoms with E-state index in [0.29, 0.717) is 5.56 Å². The lowest BCUT2D eigenvalue weighted by atomic mass is 10.1. The van der Waals surface area contributed by atoms with Crippen LogP contribution >= 0.6 is 0 Å². The van der Waals surface area contributed by atoms with Crippen molar-refractivity contribution in [3.8, 4) is 11.5 Å². The van der Waals surface area contributed by atoms with Crippen LogP contribution < -0.4 is 14.2 Å². The van der Waals surface area contributed by atoms with Gasteiger partial charge in [-0.25, -0.2) is 13.1 Å². The lowest BCUT2D eigenvalue weighted by Crippen LogP contribution is -2.40. The number of sulfonamides is 1. The molecule has 0 unspecified atom stereocenters. The summed E-state index contributed by atoms with van der Waals surface area (Å²) in [7, 11) is -1.15. The van der Waals surface area contributed by atoms with Crippen molar-refractivity contribution in [1.29, 1.82) is 0 Å². The fourth-order valence-electron chi connectivity index (χ4n) is 2.57. The summed E-state index contributed by atoms with van der Waals surface area (Å²) in [5.74, 6) is -0.797. The Kier molecular flexibility index (Phi) is 7.09. The van der Waals surface area contributed by atoms with Gasteiger partial charge in [0.25, 0.3) is 15.9 Å². The van der Waals surface area contributed by atoms with Gasteiger partial charge in [-0.2, -0.15) is 8.78 Å². The number of alkyl halides is 2. The number of nitrogens with one attached hydrogen (secondary N) is 1. The summed E-state index contributed by atoms with van der Waals surface area (Å²) in [6.07, 6.45) is 0. The highest BCUT2D eigenvalue weighted by molar-refractivity contribution is 7.89. The lowest BCUT2D eigenvalue weighted by Gasteiger charge is -2.19. The maximum Gasteiger partial charge on any atom is 0.387 e. The quantitative estimate of drug-likeness (QED) is 0.669. The largest absolute Gasteiger partial charge is 0.493 e. The van der Waals surface area contributed by atoms with Gasteiger partial charge in [0.1, 0.15) is 0 Å². The van der Waals surface area contributed by atoms with Crippen LogP contribution in [0.1, 0.15) is 36.9 Å². The predicted molar refractivity (Wildman–Crippen MR) is 104 cm³/mol. The number of hydrogen-bond donors (Lipinski definition) is 1. The Morgan fingerprint density at radius 2 is 1.87 bits per heavy atom. The highest BCUT2D eigenvalue weighted by atomic mass is 32.2. The SMILES string of the molecule is COc1ccc(CN(C)C(=O)c2ccc(S(=O)(=O)NC(C)(C)C)o2)cc1OC(F)F. The molecule has 8 nitrogen and oxygen atoms in total. The minimum Gasteiger partial charge on any atom is -0.493 e. The van der Waals surface area contributed by atoms with Gasteiger partial charge in [-0.05, 0) is 50.6 Å². The standard InChI is InChI=1S/C19H24F2N2O6S/c1-19(2,3)22-30(25,26)16-9-8-14(28-16)17(24)23(4)11-12-6-7-13(27-5)15(10-12)29-18(20)21/h6-10,18,22H,11H2,1-5H3. The molecule has 0 bridgehead atoms. The van der Waals surface area contributed by atoms with Gasteiger partial charge in [-0.3, -0.25) is 4.79 Å². The van der Waals surface area contributed by atoms with Gasteiger partial charge in [0.05, 0.1) is 7.11 Å². The predicted octanol–water partition coefficient (Wildman–Crippen LogP) is 3.24. The fraction of sp³-hybridized carbons (Fsp3) is 0.421. The van der Waals surface area contributed by atoms with Gasteiger partial charge in [0.15, 0.2) is 17.3 Å². The van der Waals surface area contributed by atoms with Crippen molar-refractivity contribution in [2.45, 2.75) is 44.6 Å². The summed E-state index contributed by atoms with van der Waals surface area (Å²) in [5, 5.41) is -0.383. The van der Waals surface area contributed by atoms with E-state index in [1.807, 2.05) is 0 Å². The molecular weight excluding hydrogens is 422 g/mol.